The molecule has 0 amide bonds. The first-order valence-corrected chi connectivity index (χ1v) is 8.34. The van der Waals surface area contributed by atoms with Crippen molar-refractivity contribution in [3.05, 3.63) is 66.0 Å². The number of hydrogen-bond acceptors (Lipinski definition) is 0. The van der Waals surface area contributed by atoms with Crippen molar-refractivity contribution in [2.45, 2.75) is 58.4 Å². The van der Waals surface area contributed by atoms with Crippen LogP contribution in [0, 0.1) is 6.92 Å². The number of nitrogens with zero attached hydrogens (tertiary/aromatic N) is 1. The molecule has 0 aliphatic rings. The van der Waals surface area contributed by atoms with Gasteiger partial charge in [0.1, 0.15) is 6.54 Å². The fourth-order valence-electron chi connectivity index (χ4n) is 2.77. The third-order valence-electron chi connectivity index (χ3n) is 3.98. The summed E-state index contributed by atoms with van der Waals surface area (Å²) in [7, 11) is 0. The minimum atomic E-state index is 0. The van der Waals surface area contributed by atoms with Crippen LogP contribution in [0.25, 0.3) is 0 Å². The van der Waals surface area contributed by atoms with Gasteiger partial charge in [-0.25, -0.2) is 4.57 Å². The molecule has 0 spiro atoms. The summed E-state index contributed by atoms with van der Waals surface area (Å²) in [5.74, 6) is 0. The zero-order valence-electron chi connectivity index (χ0n) is 13.7. The standard InChI is InChI=1S/C20H28N.BrH/c1-19-12-11-17-21(18-19)16-10-5-3-2-4-7-13-20-14-8-6-9-15-20;/h6,8-9,11-12,14-15,17-18H,2-5,7,10,13,16H2,1H3;1H/q+1;/p-1. The summed E-state index contributed by atoms with van der Waals surface area (Å²) in [6.07, 6.45) is 13.8. The number of hydrogen-bond donors (Lipinski definition) is 0. The highest BCUT2D eigenvalue weighted by molar-refractivity contribution is 5.14. The molecule has 0 bridgehead atoms. The predicted molar refractivity (Wildman–Crippen MR) is 89.2 cm³/mol. The molecule has 120 valence electrons. The molecule has 0 unspecified atom stereocenters. The van der Waals surface area contributed by atoms with E-state index in [9.17, 15) is 0 Å². The first kappa shape index (κ1) is 18.9. The van der Waals surface area contributed by atoms with Crippen LogP contribution >= 0.6 is 0 Å². The van der Waals surface area contributed by atoms with Gasteiger partial charge in [-0.15, -0.1) is 0 Å². The van der Waals surface area contributed by atoms with Gasteiger partial charge in [0.15, 0.2) is 12.4 Å². The molecule has 0 saturated heterocycles. The fourth-order valence-corrected chi connectivity index (χ4v) is 2.77. The average molecular weight is 362 g/mol. The Balaban J connectivity index is 0.00000242. The van der Waals surface area contributed by atoms with E-state index in [0.717, 1.165) is 6.54 Å². The second kappa shape index (κ2) is 11.4. The Hall–Kier alpha value is -1.15. The molecule has 2 rings (SSSR count). The van der Waals surface area contributed by atoms with Crippen LogP contribution in [0.4, 0.5) is 0 Å². The van der Waals surface area contributed by atoms with Crippen molar-refractivity contribution >= 4 is 0 Å². The highest BCUT2D eigenvalue weighted by atomic mass is 79.9. The normalized spacial score (nSPS) is 10.2. The Labute approximate surface area is 146 Å². The molecule has 1 heterocycles. The van der Waals surface area contributed by atoms with Crippen LogP contribution in [0.2, 0.25) is 0 Å². The van der Waals surface area contributed by atoms with Crippen LogP contribution in [-0.4, -0.2) is 0 Å². The maximum Gasteiger partial charge on any atom is 0.171 e. The smallest absolute Gasteiger partial charge is 0.171 e. The van der Waals surface area contributed by atoms with E-state index in [-0.39, 0.29) is 17.0 Å². The van der Waals surface area contributed by atoms with Crippen molar-refractivity contribution in [1.82, 2.24) is 0 Å². The third-order valence-corrected chi connectivity index (χ3v) is 3.98. The Kier molecular flexibility index (Phi) is 9.81. The molecule has 22 heavy (non-hydrogen) atoms. The third kappa shape index (κ3) is 7.74. The van der Waals surface area contributed by atoms with E-state index in [1.165, 1.54) is 56.1 Å². The van der Waals surface area contributed by atoms with Gasteiger partial charge >= 0.3 is 0 Å². The number of unbranched alkanes of at least 4 members (excludes halogenated alkanes) is 5. The topological polar surface area (TPSA) is 3.88 Å². The molecule has 1 aromatic carbocycles. The van der Waals surface area contributed by atoms with E-state index in [0.29, 0.717) is 0 Å². The van der Waals surface area contributed by atoms with Crippen LogP contribution < -0.4 is 21.5 Å². The largest absolute Gasteiger partial charge is 1.00 e. The van der Waals surface area contributed by atoms with E-state index in [2.05, 4.69) is 66.3 Å². The van der Waals surface area contributed by atoms with Crippen molar-refractivity contribution in [3.63, 3.8) is 0 Å². The lowest BCUT2D eigenvalue weighted by atomic mass is 10.0. The fraction of sp³-hybridized carbons (Fsp3) is 0.450. The molecule has 0 atom stereocenters. The van der Waals surface area contributed by atoms with Gasteiger partial charge in [-0.05, 0) is 37.8 Å². The lowest BCUT2D eigenvalue weighted by Gasteiger charge is -2.02. The van der Waals surface area contributed by atoms with Gasteiger partial charge in [-0.3, -0.25) is 0 Å². The highest BCUT2D eigenvalue weighted by Crippen LogP contribution is 2.09. The molecule has 0 N–H and O–H groups in total. The van der Waals surface area contributed by atoms with Gasteiger partial charge in [0, 0.05) is 18.1 Å². The Morgan fingerprint density at radius 1 is 0.773 bits per heavy atom. The monoisotopic (exact) mass is 361 g/mol. The van der Waals surface area contributed by atoms with Gasteiger partial charge < -0.3 is 17.0 Å². The zero-order chi connectivity index (χ0) is 14.8. The predicted octanol–water partition coefficient (Wildman–Crippen LogP) is 1.87. The number of aromatic nitrogens is 1. The second-order valence-electron chi connectivity index (χ2n) is 5.98. The van der Waals surface area contributed by atoms with Crippen molar-refractivity contribution < 1.29 is 21.5 Å². The van der Waals surface area contributed by atoms with Crippen molar-refractivity contribution in [3.8, 4) is 0 Å². The summed E-state index contributed by atoms with van der Waals surface area (Å²) in [6, 6.07) is 15.1. The van der Waals surface area contributed by atoms with E-state index >= 15 is 0 Å². The van der Waals surface area contributed by atoms with E-state index < -0.39 is 0 Å². The van der Waals surface area contributed by atoms with Gasteiger partial charge in [0.05, 0.1) is 0 Å². The molecule has 0 aliphatic heterocycles. The van der Waals surface area contributed by atoms with Crippen LogP contribution in [-0.2, 0) is 13.0 Å². The summed E-state index contributed by atoms with van der Waals surface area (Å²) >= 11 is 0. The van der Waals surface area contributed by atoms with Crippen LogP contribution in [0.15, 0.2) is 54.9 Å². The average Bonchev–Trinajstić information content (AvgIpc) is 2.51. The highest BCUT2D eigenvalue weighted by Gasteiger charge is 2.00. The molecule has 0 saturated carbocycles. The summed E-state index contributed by atoms with van der Waals surface area (Å²) in [4.78, 5) is 0. The Morgan fingerprint density at radius 2 is 1.45 bits per heavy atom. The van der Waals surface area contributed by atoms with Crippen molar-refractivity contribution in [2.75, 3.05) is 0 Å². The minimum absolute atomic E-state index is 0. The van der Waals surface area contributed by atoms with Crippen LogP contribution in [0.1, 0.15) is 49.7 Å². The van der Waals surface area contributed by atoms with Crippen LogP contribution in [0.3, 0.4) is 0 Å². The number of benzene rings is 1. The molecule has 1 nitrogen and oxygen atoms in total. The van der Waals surface area contributed by atoms with Gasteiger partial charge in [-0.1, -0.05) is 49.6 Å². The summed E-state index contributed by atoms with van der Waals surface area (Å²) in [5, 5.41) is 0. The molecule has 2 aromatic rings. The summed E-state index contributed by atoms with van der Waals surface area (Å²) < 4.78 is 2.31. The lowest BCUT2D eigenvalue weighted by Crippen LogP contribution is -3.00. The Bertz CT molecular complexity index is 510. The SMILES string of the molecule is Cc1ccc[n+](CCCCCCCCc2ccccc2)c1.[Br-]. The molecular formula is C20H28BrN. The second-order valence-corrected chi connectivity index (χ2v) is 5.98. The van der Waals surface area contributed by atoms with Crippen LogP contribution in [0.5, 0.6) is 0 Å². The first-order chi connectivity index (χ1) is 10.3. The lowest BCUT2D eigenvalue weighted by molar-refractivity contribution is -0.697. The summed E-state index contributed by atoms with van der Waals surface area (Å²) in [5.41, 5.74) is 2.83. The zero-order valence-corrected chi connectivity index (χ0v) is 15.3. The number of aryl methyl sites for hydroxylation is 3. The molecule has 0 aliphatic carbocycles. The molecule has 0 fully saturated rings. The van der Waals surface area contributed by atoms with Crippen molar-refractivity contribution in [2.24, 2.45) is 0 Å². The molecular weight excluding hydrogens is 334 g/mol. The maximum absolute atomic E-state index is 2.31. The Morgan fingerprint density at radius 3 is 2.18 bits per heavy atom. The molecule has 2 heteroatoms. The van der Waals surface area contributed by atoms with E-state index in [1.807, 2.05) is 0 Å². The van der Waals surface area contributed by atoms with Gasteiger partial charge in [0.25, 0.3) is 0 Å². The summed E-state index contributed by atoms with van der Waals surface area (Å²) in [6.45, 7) is 3.31. The quantitative estimate of drug-likeness (QED) is 0.474. The molecule has 0 radical (unpaired) electrons. The van der Waals surface area contributed by atoms with E-state index in [4.69, 9.17) is 0 Å². The maximum atomic E-state index is 2.31. The van der Waals surface area contributed by atoms with Crippen molar-refractivity contribution in [1.29, 1.82) is 0 Å². The number of rotatable bonds is 9. The van der Waals surface area contributed by atoms with Gasteiger partial charge in [-0.2, -0.15) is 0 Å². The first-order valence-electron chi connectivity index (χ1n) is 8.34. The minimum Gasteiger partial charge on any atom is -1.00 e. The molecule has 1 aromatic heterocycles. The number of halogens is 1. The van der Waals surface area contributed by atoms with Gasteiger partial charge in [0.2, 0.25) is 0 Å². The van der Waals surface area contributed by atoms with E-state index in [1.54, 1.807) is 0 Å². The number of pyridine rings is 1.